The summed E-state index contributed by atoms with van der Waals surface area (Å²) in [5.41, 5.74) is 3.21. The van der Waals surface area contributed by atoms with Gasteiger partial charge >= 0.3 is 0 Å². The second kappa shape index (κ2) is 8.50. The number of ether oxygens (including phenoxy) is 2. The molecule has 2 unspecified atom stereocenters. The number of aromatic nitrogens is 2. The maximum Gasteiger partial charge on any atom is 0.274 e. The Kier molecular flexibility index (Phi) is 5.81. The van der Waals surface area contributed by atoms with Crippen LogP contribution in [0.2, 0.25) is 0 Å². The Bertz CT molecular complexity index is 1100. The topological polar surface area (TPSA) is 106 Å². The Morgan fingerprint density at radius 2 is 2.24 bits per heavy atom. The van der Waals surface area contributed by atoms with E-state index in [-0.39, 0.29) is 11.7 Å². The Hall–Kier alpha value is -2.46. The van der Waals surface area contributed by atoms with Gasteiger partial charge in [0, 0.05) is 48.9 Å². The van der Waals surface area contributed by atoms with Gasteiger partial charge in [0.2, 0.25) is 11.3 Å². The van der Waals surface area contributed by atoms with Crippen LogP contribution in [0.4, 0.5) is 0 Å². The average molecular weight is 417 g/mol. The van der Waals surface area contributed by atoms with Crippen LogP contribution in [-0.2, 0) is 29.5 Å². The Morgan fingerprint density at radius 3 is 3.00 bits per heavy atom. The van der Waals surface area contributed by atoms with Gasteiger partial charge in [-0.3, -0.25) is 9.35 Å². The molecule has 1 aliphatic rings. The molecule has 2 atom stereocenters. The third-order valence-electron chi connectivity index (χ3n) is 5.05. The van der Waals surface area contributed by atoms with E-state index in [9.17, 15) is 9.00 Å². The van der Waals surface area contributed by atoms with Gasteiger partial charge in [0.1, 0.15) is 17.4 Å². The predicted molar refractivity (Wildman–Crippen MR) is 111 cm³/mol. The number of benzene rings is 1. The first kappa shape index (κ1) is 19.8. The van der Waals surface area contributed by atoms with Crippen molar-refractivity contribution in [1.82, 2.24) is 14.3 Å². The summed E-state index contributed by atoms with van der Waals surface area (Å²) in [5.74, 6) is 0.726. The highest BCUT2D eigenvalue weighted by Gasteiger charge is 2.21. The number of aryl methyl sites for hydroxylation is 1. The van der Waals surface area contributed by atoms with Gasteiger partial charge in [-0.2, -0.15) is 0 Å². The predicted octanol–water partition coefficient (Wildman–Crippen LogP) is 1.97. The number of H-pyrrole nitrogens is 1. The van der Waals surface area contributed by atoms with E-state index in [2.05, 4.69) is 9.71 Å². The molecule has 1 aromatic carbocycles. The molecule has 29 heavy (non-hydrogen) atoms. The van der Waals surface area contributed by atoms with E-state index in [4.69, 9.17) is 14.0 Å². The molecule has 0 spiro atoms. The number of nitrogens with one attached hydrogen (secondary N) is 2. The highest BCUT2D eigenvalue weighted by molar-refractivity contribution is 7.77. The molecule has 3 aromatic rings. The molecule has 154 valence electrons. The van der Waals surface area contributed by atoms with Gasteiger partial charge in [-0.25, -0.2) is 8.93 Å². The standard InChI is InChI=1S/C20H23N3O5S/c1-23-11-17(15-5-7-21-19(15)20(23)24)16-10-13(4-8-22-29(25)26)2-3-18(16)28-14-6-9-27-12-14/h2-3,5,7,10-11,14,21-22H,4,6,8-9,12H2,1H3,(H,25,26). The molecular formula is C20H23N3O5S. The zero-order valence-electron chi connectivity index (χ0n) is 16.0. The van der Waals surface area contributed by atoms with Crippen LogP contribution in [0.3, 0.4) is 0 Å². The normalized spacial score (nSPS) is 17.7. The zero-order valence-corrected chi connectivity index (χ0v) is 16.8. The number of hydrogen-bond donors (Lipinski definition) is 3. The quantitative estimate of drug-likeness (QED) is 0.510. The molecule has 0 amide bonds. The first-order valence-electron chi connectivity index (χ1n) is 9.41. The first-order chi connectivity index (χ1) is 14.0. The van der Waals surface area contributed by atoms with Crippen LogP contribution >= 0.6 is 0 Å². The maximum absolute atomic E-state index is 12.4. The molecule has 1 fully saturated rings. The third-order valence-corrected chi connectivity index (χ3v) is 5.50. The molecule has 1 aliphatic heterocycles. The lowest BCUT2D eigenvalue weighted by atomic mass is 9.99. The van der Waals surface area contributed by atoms with Gasteiger partial charge in [0.05, 0.1) is 13.2 Å². The zero-order chi connectivity index (χ0) is 20.4. The van der Waals surface area contributed by atoms with Gasteiger partial charge in [-0.05, 0) is 30.2 Å². The number of nitrogens with zero attached hydrogens (tertiary/aromatic N) is 1. The van der Waals surface area contributed by atoms with Gasteiger partial charge in [0.25, 0.3) is 5.56 Å². The molecule has 3 heterocycles. The van der Waals surface area contributed by atoms with E-state index in [1.165, 1.54) is 0 Å². The van der Waals surface area contributed by atoms with Crippen LogP contribution in [0.15, 0.2) is 41.5 Å². The van der Waals surface area contributed by atoms with Crippen molar-refractivity contribution >= 4 is 22.2 Å². The SMILES string of the molecule is Cn1cc(-c2cc(CCNS(=O)O)ccc2OC2CCOC2)c2cc[nH]c2c1=O. The minimum Gasteiger partial charge on any atom is -0.487 e. The molecule has 0 aliphatic carbocycles. The summed E-state index contributed by atoms with van der Waals surface area (Å²) < 4.78 is 35.5. The summed E-state index contributed by atoms with van der Waals surface area (Å²) in [6.07, 6.45) is 4.98. The minimum atomic E-state index is -2.04. The largest absolute Gasteiger partial charge is 0.487 e. The fourth-order valence-electron chi connectivity index (χ4n) is 3.60. The number of fused-ring (bicyclic) bond motifs is 1. The summed E-state index contributed by atoms with van der Waals surface area (Å²) in [4.78, 5) is 15.5. The summed E-state index contributed by atoms with van der Waals surface area (Å²) >= 11 is -2.04. The molecule has 0 bridgehead atoms. The fraction of sp³-hybridized carbons (Fsp3) is 0.350. The van der Waals surface area contributed by atoms with Crippen LogP contribution < -0.4 is 15.0 Å². The number of aromatic amines is 1. The van der Waals surface area contributed by atoms with E-state index in [0.29, 0.717) is 31.7 Å². The Morgan fingerprint density at radius 1 is 1.38 bits per heavy atom. The molecule has 9 heteroatoms. The second-order valence-electron chi connectivity index (χ2n) is 7.05. The van der Waals surface area contributed by atoms with Crippen LogP contribution in [0.5, 0.6) is 5.75 Å². The van der Waals surface area contributed by atoms with Gasteiger partial charge in [0.15, 0.2) is 0 Å². The maximum atomic E-state index is 12.4. The molecule has 0 radical (unpaired) electrons. The van der Waals surface area contributed by atoms with E-state index in [1.807, 2.05) is 30.5 Å². The third kappa shape index (κ3) is 4.27. The smallest absolute Gasteiger partial charge is 0.274 e. The van der Waals surface area contributed by atoms with Gasteiger partial charge < -0.3 is 19.0 Å². The van der Waals surface area contributed by atoms with Crippen molar-refractivity contribution in [3.8, 4) is 16.9 Å². The van der Waals surface area contributed by atoms with Gasteiger partial charge in [-0.1, -0.05) is 6.07 Å². The number of hydrogen-bond acceptors (Lipinski definition) is 4. The van der Waals surface area contributed by atoms with E-state index < -0.39 is 11.3 Å². The van der Waals surface area contributed by atoms with Crippen molar-refractivity contribution in [2.45, 2.75) is 18.9 Å². The monoisotopic (exact) mass is 417 g/mol. The van der Waals surface area contributed by atoms with E-state index in [1.54, 1.807) is 17.8 Å². The van der Waals surface area contributed by atoms with Crippen molar-refractivity contribution in [2.24, 2.45) is 7.05 Å². The van der Waals surface area contributed by atoms with Crippen LogP contribution in [0.1, 0.15) is 12.0 Å². The van der Waals surface area contributed by atoms with Gasteiger partial charge in [-0.15, -0.1) is 0 Å². The van der Waals surface area contributed by atoms with Crippen molar-refractivity contribution < 1.29 is 18.2 Å². The molecule has 4 rings (SSSR count). The van der Waals surface area contributed by atoms with E-state index in [0.717, 1.165) is 34.2 Å². The summed E-state index contributed by atoms with van der Waals surface area (Å²) in [7, 11) is 1.72. The Balaban J connectivity index is 1.78. The number of pyridine rings is 1. The van der Waals surface area contributed by atoms with Crippen molar-refractivity contribution in [3.63, 3.8) is 0 Å². The fourth-order valence-corrected chi connectivity index (χ4v) is 3.87. The second-order valence-corrected chi connectivity index (χ2v) is 7.84. The lowest BCUT2D eigenvalue weighted by Crippen LogP contribution is -2.19. The molecule has 2 aromatic heterocycles. The van der Waals surface area contributed by atoms with Crippen LogP contribution in [-0.4, -0.2) is 44.2 Å². The lowest BCUT2D eigenvalue weighted by molar-refractivity contribution is 0.141. The van der Waals surface area contributed by atoms with E-state index >= 15 is 0 Å². The van der Waals surface area contributed by atoms with Crippen molar-refractivity contribution in [1.29, 1.82) is 0 Å². The first-order valence-corrected chi connectivity index (χ1v) is 10.5. The van der Waals surface area contributed by atoms with Crippen molar-refractivity contribution in [3.05, 3.63) is 52.6 Å². The number of rotatable bonds is 7. The van der Waals surface area contributed by atoms with Crippen LogP contribution in [0, 0.1) is 0 Å². The minimum absolute atomic E-state index is 0.00711. The molecule has 0 saturated carbocycles. The summed E-state index contributed by atoms with van der Waals surface area (Å²) in [5, 5.41) is 0.826. The molecule has 3 N–H and O–H groups in total. The molecule has 8 nitrogen and oxygen atoms in total. The highest BCUT2D eigenvalue weighted by Crippen LogP contribution is 2.36. The summed E-state index contributed by atoms with van der Waals surface area (Å²) in [6.45, 7) is 1.61. The highest BCUT2D eigenvalue weighted by atomic mass is 32.2. The molecular weight excluding hydrogens is 394 g/mol. The van der Waals surface area contributed by atoms with Crippen LogP contribution in [0.25, 0.3) is 22.0 Å². The molecule has 1 saturated heterocycles. The Labute approximate surface area is 170 Å². The lowest BCUT2D eigenvalue weighted by Gasteiger charge is -2.18. The summed E-state index contributed by atoms with van der Waals surface area (Å²) in [6, 6.07) is 7.77. The average Bonchev–Trinajstić information content (AvgIpc) is 3.37. The van der Waals surface area contributed by atoms with Crippen molar-refractivity contribution in [2.75, 3.05) is 19.8 Å².